The van der Waals surface area contributed by atoms with Gasteiger partial charge in [-0.1, -0.05) is 57.0 Å². The fourth-order valence-electron chi connectivity index (χ4n) is 4.09. The lowest BCUT2D eigenvalue weighted by molar-refractivity contribution is -0.136. The van der Waals surface area contributed by atoms with Gasteiger partial charge in [-0.3, -0.25) is 9.59 Å². The van der Waals surface area contributed by atoms with Gasteiger partial charge in [0.05, 0.1) is 13.2 Å². The van der Waals surface area contributed by atoms with E-state index in [0.29, 0.717) is 31.7 Å². The van der Waals surface area contributed by atoms with Gasteiger partial charge in [-0.15, -0.1) is 0 Å². The Labute approximate surface area is 226 Å². The zero-order valence-corrected chi connectivity index (χ0v) is 22.7. The second-order valence-electron chi connectivity index (χ2n) is 9.51. The molecule has 0 radical (unpaired) electrons. The average molecular weight is 518 g/mol. The van der Waals surface area contributed by atoms with Gasteiger partial charge in [0, 0.05) is 31.1 Å². The van der Waals surface area contributed by atoms with Crippen LogP contribution < -0.4 is 9.47 Å². The normalized spacial score (nSPS) is 10.7. The fourth-order valence-corrected chi connectivity index (χ4v) is 4.09. The van der Waals surface area contributed by atoms with Crippen molar-refractivity contribution in [2.75, 3.05) is 20.3 Å². The highest BCUT2D eigenvalue weighted by Gasteiger charge is 2.14. The first-order chi connectivity index (χ1) is 18.4. The van der Waals surface area contributed by atoms with Crippen molar-refractivity contribution in [3.8, 4) is 22.6 Å². The quantitative estimate of drug-likeness (QED) is 0.220. The van der Waals surface area contributed by atoms with E-state index >= 15 is 0 Å². The SMILES string of the molecule is CCCCOc1ccc(C(=O)N(C)Cc2cccc(-c3ccc(CCC(=O)O)cc3OCCCC)c2)cc1. The number of benzene rings is 3. The van der Waals surface area contributed by atoms with E-state index in [1.165, 1.54) is 0 Å². The Hall–Kier alpha value is -3.80. The number of carboxylic acids is 1. The van der Waals surface area contributed by atoms with Gasteiger partial charge in [0.25, 0.3) is 5.91 Å². The van der Waals surface area contributed by atoms with E-state index in [4.69, 9.17) is 14.6 Å². The third kappa shape index (κ3) is 8.65. The van der Waals surface area contributed by atoms with Crippen LogP contribution in [0.2, 0.25) is 0 Å². The molecule has 0 heterocycles. The molecular weight excluding hydrogens is 478 g/mol. The number of amides is 1. The first-order valence-corrected chi connectivity index (χ1v) is 13.5. The molecule has 1 amide bonds. The number of hydrogen-bond acceptors (Lipinski definition) is 4. The lowest BCUT2D eigenvalue weighted by atomic mass is 9.99. The summed E-state index contributed by atoms with van der Waals surface area (Å²) in [6.45, 7) is 5.98. The molecule has 202 valence electrons. The predicted octanol–water partition coefficient (Wildman–Crippen LogP) is 7.00. The number of unbranched alkanes of at least 4 members (excludes halogenated alkanes) is 2. The molecule has 0 saturated heterocycles. The maximum absolute atomic E-state index is 13.0. The van der Waals surface area contributed by atoms with E-state index in [-0.39, 0.29) is 12.3 Å². The first-order valence-electron chi connectivity index (χ1n) is 13.5. The van der Waals surface area contributed by atoms with Crippen LogP contribution in [0.15, 0.2) is 66.7 Å². The molecule has 0 bridgehead atoms. The van der Waals surface area contributed by atoms with E-state index in [1.54, 1.807) is 11.9 Å². The third-order valence-electron chi connectivity index (χ3n) is 6.30. The van der Waals surface area contributed by atoms with Crippen LogP contribution in [0, 0.1) is 0 Å². The van der Waals surface area contributed by atoms with Gasteiger partial charge in [-0.05, 0) is 72.4 Å². The molecule has 38 heavy (non-hydrogen) atoms. The lowest BCUT2D eigenvalue weighted by Gasteiger charge is -2.19. The highest BCUT2D eigenvalue weighted by atomic mass is 16.5. The molecule has 0 aliphatic rings. The highest BCUT2D eigenvalue weighted by Crippen LogP contribution is 2.32. The second-order valence-corrected chi connectivity index (χ2v) is 9.51. The summed E-state index contributed by atoms with van der Waals surface area (Å²) in [5.41, 5.74) is 4.51. The molecule has 0 aliphatic carbocycles. The van der Waals surface area contributed by atoms with Crippen molar-refractivity contribution in [2.45, 2.75) is 58.9 Å². The van der Waals surface area contributed by atoms with Crippen molar-refractivity contribution in [2.24, 2.45) is 0 Å². The van der Waals surface area contributed by atoms with Gasteiger partial charge < -0.3 is 19.5 Å². The standard InChI is InChI=1S/C32H39NO5/c1-4-6-19-37-28-15-13-26(14-16-28)32(36)33(3)23-25-9-8-10-27(21-25)29-17-11-24(12-18-31(34)35)22-30(29)38-20-7-5-2/h8-11,13-17,21-22H,4-7,12,18-20,23H2,1-3H3,(H,34,35). The van der Waals surface area contributed by atoms with Gasteiger partial charge >= 0.3 is 5.97 Å². The van der Waals surface area contributed by atoms with Gasteiger partial charge in [-0.2, -0.15) is 0 Å². The zero-order chi connectivity index (χ0) is 27.3. The molecule has 3 aromatic rings. The maximum atomic E-state index is 13.0. The zero-order valence-electron chi connectivity index (χ0n) is 22.7. The molecule has 1 N–H and O–H groups in total. The molecule has 0 spiro atoms. The molecule has 6 nitrogen and oxygen atoms in total. The van der Waals surface area contributed by atoms with Crippen LogP contribution in [-0.2, 0) is 17.8 Å². The summed E-state index contributed by atoms with van der Waals surface area (Å²) < 4.78 is 11.8. The Balaban J connectivity index is 1.73. The molecule has 3 aromatic carbocycles. The van der Waals surface area contributed by atoms with Gasteiger partial charge in [0.1, 0.15) is 11.5 Å². The van der Waals surface area contributed by atoms with Crippen LogP contribution >= 0.6 is 0 Å². The van der Waals surface area contributed by atoms with Crippen molar-refractivity contribution in [1.82, 2.24) is 4.90 Å². The van der Waals surface area contributed by atoms with Crippen LogP contribution in [0.3, 0.4) is 0 Å². The fraction of sp³-hybridized carbons (Fsp3) is 0.375. The Morgan fingerprint density at radius 2 is 1.55 bits per heavy atom. The summed E-state index contributed by atoms with van der Waals surface area (Å²) in [4.78, 5) is 25.8. The summed E-state index contributed by atoms with van der Waals surface area (Å²) in [5, 5.41) is 9.05. The molecular formula is C32H39NO5. The molecule has 0 aromatic heterocycles. The second kappa shape index (κ2) is 14.8. The Kier molecular flexibility index (Phi) is 11.2. The van der Waals surface area contributed by atoms with E-state index in [0.717, 1.165) is 59.4 Å². The Bertz CT molecular complexity index is 1190. The minimum Gasteiger partial charge on any atom is -0.494 e. The number of rotatable bonds is 15. The van der Waals surface area contributed by atoms with Crippen molar-refractivity contribution < 1.29 is 24.2 Å². The third-order valence-corrected chi connectivity index (χ3v) is 6.30. The molecule has 3 rings (SSSR count). The smallest absolute Gasteiger partial charge is 0.303 e. The van der Waals surface area contributed by atoms with E-state index < -0.39 is 5.97 Å². The number of carbonyl (C=O) groups is 2. The number of ether oxygens (including phenoxy) is 2. The lowest BCUT2D eigenvalue weighted by Crippen LogP contribution is -2.26. The molecule has 0 saturated carbocycles. The van der Waals surface area contributed by atoms with Gasteiger partial charge in [0.2, 0.25) is 0 Å². The summed E-state index contributed by atoms with van der Waals surface area (Å²) >= 11 is 0. The van der Waals surface area contributed by atoms with Crippen LogP contribution in [0.25, 0.3) is 11.1 Å². The predicted molar refractivity (Wildman–Crippen MR) is 151 cm³/mol. The molecule has 0 atom stereocenters. The number of aliphatic carboxylic acids is 1. The maximum Gasteiger partial charge on any atom is 0.303 e. The summed E-state index contributed by atoms with van der Waals surface area (Å²) in [6, 6.07) is 21.3. The van der Waals surface area contributed by atoms with Gasteiger partial charge in [-0.25, -0.2) is 0 Å². The Morgan fingerprint density at radius 3 is 2.24 bits per heavy atom. The average Bonchev–Trinajstić information content (AvgIpc) is 2.92. The van der Waals surface area contributed by atoms with Crippen LogP contribution in [-0.4, -0.2) is 42.1 Å². The van der Waals surface area contributed by atoms with Crippen LogP contribution in [0.4, 0.5) is 0 Å². The topological polar surface area (TPSA) is 76.1 Å². The van der Waals surface area contributed by atoms with E-state index in [9.17, 15) is 9.59 Å². The highest BCUT2D eigenvalue weighted by molar-refractivity contribution is 5.94. The number of carboxylic acid groups (broad SMARTS) is 1. The largest absolute Gasteiger partial charge is 0.494 e. The van der Waals surface area contributed by atoms with Crippen molar-refractivity contribution in [1.29, 1.82) is 0 Å². The number of nitrogens with zero attached hydrogens (tertiary/aromatic N) is 1. The monoisotopic (exact) mass is 517 g/mol. The molecule has 0 aliphatic heterocycles. The number of hydrogen-bond donors (Lipinski definition) is 1. The molecule has 6 heteroatoms. The van der Waals surface area contributed by atoms with Crippen LogP contribution in [0.5, 0.6) is 11.5 Å². The van der Waals surface area contributed by atoms with E-state index in [1.807, 2.05) is 60.7 Å². The minimum atomic E-state index is -0.815. The van der Waals surface area contributed by atoms with Crippen molar-refractivity contribution in [3.63, 3.8) is 0 Å². The van der Waals surface area contributed by atoms with Crippen LogP contribution in [0.1, 0.15) is 67.4 Å². The summed E-state index contributed by atoms with van der Waals surface area (Å²) in [6.07, 6.45) is 4.59. The molecule has 0 fully saturated rings. The summed E-state index contributed by atoms with van der Waals surface area (Å²) in [7, 11) is 1.80. The number of carbonyl (C=O) groups excluding carboxylic acids is 1. The minimum absolute atomic E-state index is 0.0538. The number of aryl methyl sites for hydroxylation is 1. The Morgan fingerprint density at radius 1 is 0.842 bits per heavy atom. The first kappa shape index (κ1) is 28.8. The summed E-state index contributed by atoms with van der Waals surface area (Å²) in [5.74, 6) is 0.660. The van der Waals surface area contributed by atoms with Crippen molar-refractivity contribution >= 4 is 11.9 Å². The van der Waals surface area contributed by atoms with E-state index in [2.05, 4.69) is 19.9 Å². The van der Waals surface area contributed by atoms with Gasteiger partial charge in [0.15, 0.2) is 0 Å². The molecule has 0 unspecified atom stereocenters. The van der Waals surface area contributed by atoms with Crippen molar-refractivity contribution in [3.05, 3.63) is 83.4 Å².